The normalized spacial score (nSPS) is 11.5. The lowest BCUT2D eigenvalue weighted by Gasteiger charge is -2.19. The van der Waals surface area contributed by atoms with Crippen molar-refractivity contribution in [2.75, 3.05) is 26.2 Å². The Labute approximate surface area is 131 Å². The number of aromatic nitrogens is 2. The third-order valence-electron chi connectivity index (χ3n) is 3.77. The van der Waals surface area contributed by atoms with E-state index in [-0.39, 0.29) is 0 Å². The highest BCUT2D eigenvalue weighted by molar-refractivity contribution is 6.16. The first kappa shape index (κ1) is 16.1. The molecule has 0 aliphatic rings. The molecule has 1 aromatic heterocycles. The van der Waals surface area contributed by atoms with Crippen molar-refractivity contribution in [2.45, 2.75) is 33.2 Å². The Morgan fingerprint density at radius 3 is 2.62 bits per heavy atom. The molecule has 0 atom stereocenters. The van der Waals surface area contributed by atoms with Crippen LogP contribution in [0.2, 0.25) is 0 Å². The largest absolute Gasteiger partial charge is 0.492 e. The van der Waals surface area contributed by atoms with Crippen LogP contribution in [0.1, 0.15) is 26.6 Å². The molecule has 1 heterocycles. The molecule has 0 N–H and O–H groups in total. The summed E-state index contributed by atoms with van der Waals surface area (Å²) in [5, 5.41) is 0. The van der Waals surface area contributed by atoms with Gasteiger partial charge in [0, 0.05) is 13.1 Å². The zero-order valence-corrected chi connectivity index (χ0v) is 13.9. The number of halogens is 1. The molecule has 0 saturated heterocycles. The number of alkyl halides is 1. The van der Waals surface area contributed by atoms with Crippen molar-refractivity contribution in [1.29, 1.82) is 0 Å². The summed E-state index contributed by atoms with van der Waals surface area (Å²) in [5.74, 6) is 2.16. The summed E-state index contributed by atoms with van der Waals surface area (Å²) in [6.07, 6.45) is 0. The van der Waals surface area contributed by atoms with Gasteiger partial charge in [-0.25, -0.2) is 4.98 Å². The molecule has 0 saturated carbocycles. The highest BCUT2D eigenvalue weighted by atomic mass is 35.5. The Bertz CT molecular complexity index is 578. The maximum absolute atomic E-state index is 6.08. The summed E-state index contributed by atoms with van der Waals surface area (Å²) in [6, 6.07) is 6.07. The molecular formula is C16H24ClN3O. The van der Waals surface area contributed by atoms with Crippen molar-refractivity contribution in [2.24, 2.45) is 0 Å². The van der Waals surface area contributed by atoms with Crippen molar-refractivity contribution < 1.29 is 4.74 Å². The first-order valence-electron chi connectivity index (χ1n) is 7.64. The smallest absolute Gasteiger partial charge is 0.147 e. The lowest BCUT2D eigenvalue weighted by Crippen LogP contribution is -2.27. The summed E-state index contributed by atoms with van der Waals surface area (Å²) >= 11 is 6.08. The maximum Gasteiger partial charge on any atom is 0.147 e. The Morgan fingerprint density at radius 2 is 2.00 bits per heavy atom. The van der Waals surface area contributed by atoms with Crippen molar-refractivity contribution in [3.05, 3.63) is 24.0 Å². The fraction of sp³-hybridized carbons (Fsp3) is 0.562. The van der Waals surface area contributed by atoms with Crippen LogP contribution < -0.4 is 4.74 Å². The van der Waals surface area contributed by atoms with Gasteiger partial charge in [-0.15, -0.1) is 11.6 Å². The SMILES string of the molecule is CCOc1cccc2c1nc(CCl)n2CCN(CC)CC. The second kappa shape index (κ2) is 7.66. The number of hydrogen-bond donors (Lipinski definition) is 0. The number of nitrogens with zero attached hydrogens (tertiary/aromatic N) is 3. The Kier molecular flexibility index (Phi) is 5.88. The molecule has 5 heteroatoms. The van der Waals surface area contributed by atoms with E-state index < -0.39 is 0 Å². The van der Waals surface area contributed by atoms with Gasteiger partial charge in [0.1, 0.15) is 17.1 Å². The first-order valence-corrected chi connectivity index (χ1v) is 8.17. The molecule has 116 valence electrons. The van der Waals surface area contributed by atoms with Crippen LogP contribution in [0.5, 0.6) is 5.75 Å². The van der Waals surface area contributed by atoms with E-state index in [1.54, 1.807) is 0 Å². The second-order valence-electron chi connectivity index (χ2n) is 4.90. The van der Waals surface area contributed by atoms with Crippen LogP contribution >= 0.6 is 11.6 Å². The van der Waals surface area contributed by atoms with Crippen molar-refractivity contribution in [3.8, 4) is 5.75 Å². The van der Waals surface area contributed by atoms with Crippen LogP contribution in [0, 0.1) is 0 Å². The highest BCUT2D eigenvalue weighted by Crippen LogP contribution is 2.26. The van der Waals surface area contributed by atoms with Crippen LogP contribution in [0.15, 0.2) is 18.2 Å². The lowest BCUT2D eigenvalue weighted by atomic mass is 10.3. The Balaban J connectivity index is 2.35. The number of para-hydroxylation sites is 1. The molecule has 4 nitrogen and oxygen atoms in total. The molecule has 21 heavy (non-hydrogen) atoms. The molecule has 0 fully saturated rings. The van der Waals surface area contributed by atoms with Crippen LogP contribution in [-0.4, -0.2) is 40.7 Å². The molecule has 0 spiro atoms. The van der Waals surface area contributed by atoms with Gasteiger partial charge in [0.15, 0.2) is 0 Å². The van der Waals surface area contributed by atoms with Crippen LogP contribution in [-0.2, 0) is 12.4 Å². The summed E-state index contributed by atoms with van der Waals surface area (Å²) in [6.45, 7) is 11.0. The fourth-order valence-electron chi connectivity index (χ4n) is 2.57. The Hall–Kier alpha value is -1.26. The first-order chi connectivity index (χ1) is 10.2. The quantitative estimate of drug-likeness (QED) is 0.699. The van der Waals surface area contributed by atoms with E-state index in [0.717, 1.165) is 48.8 Å². The molecule has 0 aliphatic heterocycles. The number of likely N-dealkylation sites (N-methyl/N-ethyl adjacent to an activating group) is 1. The molecule has 0 unspecified atom stereocenters. The minimum absolute atomic E-state index is 0.415. The van der Waals surface area contributed by atoms with E-state index >= 15 is 0 Å². The minimum Gasteiger partial charge on any atom is -0.492 e. The van der Waals surface area contributed by atoms with E-state index in [9.17, 15) is 0 Å². The maximum atomic E-state index is 6.08. The number of imidazole rings is 1. The predicted octanol–water partition coefficient (Wildman–Crippen LogP) is 3.52. The van der Waals surface area contributed by atoms with E-state index in [0.29, 0.717) is 12.5 Å². The standard InChI is InChI=1S/C16H24ClN3O/c1-4-19(5-2)10-11-20-13-8-7-9-14(21-6-3)16(13)18-15(20)12-17/h7-9H,4-6,10-12H2,1-3H3. The number of fused-ring (bicyclic) bond motifs is 1. The third-order valence-corrected chi connectivity index (χ3v) is 4.01. The zero-order chi connectivity index (χ0) is 15.2. The molecule has 0 aliphatic carbocycles. The molecule has 0 amide bonds. The van der Waals surface area contributed by atoms with Gasteiger partial charge in [0.25, 0.3) is 0 Å². The molecule has 2 aromatic rings. The van der Waals surface area contributed by atoms with Crippen LogP contribution in [0.3, 0.4) is 0 Å². The van der Waals surface area contributed by atoms with Gasteiger partial charge >= 0.3 is 0 Å². The molecule has 2 rings (SSSR count). The van der Waals surface area contributed by atoms with Crippen LogP contribution in [0.4, 0.5) is 0 Å². The number of hydrogen-bond acceptors (Lipinski definition) is 3. The van der Waals surface area contributed by atoms with E-state index in [4.69, 9.17) is 16.3 Å². The van der Waals surface area contributed by atoms with Gasteiger partial charge in [0.2, 0.25) is 0 Å². The van der Waals surface area contributed by atoms with Gasteiger partial charge in [-0.2, -0.15) is 0 Å². The van der Waals surface area contributed by atoms with Crippen molar-refractivity contribution in [1.82, 2.24) is 14.5 Å². The number of rotatable bonds is 8. The second-order valence-corrected chi connectivity index (χ2v) is 5.16. The van der Waals surface area contributed by atoms with E-state index in [1.165, 1.54) is 0 Å². The molecule has 0 bridgehead atoms. The average Bonchev–Trinajstić information content (AvgIpc) is 2.88. The summed E-state index contributed by atoms with van der Waals surface area (Å²) in [4.78, 5) is 7.07. The summed E-state index contributed by atoms with van der Waals surface area (Å²) in [7, 11) is 0. The third kappa shape index (κ3) is 3.50. The van der Waals surface area contributed by atoms with Gasteiger partial charge < -0.3 is 14.2 Å². The van der Waals surface area contributed by atoms with E-state index in [1.807, 2.05) is 19.1 Å². The van der Waals surface area contributed by atoms with Gasteiger partial charge in [-0.05, 0) is 32.1 Å². The number of benzene rings is 1. The van der Waals surface area contributed by atoms with Gasteiger partial charge in [0.05, 0.1) is 18.0 Å². The monoisotopic (exact) mass is 309 g/mol. The lowest BCUT2D eigenvalue weighted by molar-refractivity contribution is 0.291. The van der Waals surface area contributed by atoms with Crippen molar-refractivity contribution in [3.63, 3.8) is 0 Å². The topological polar surface area (TPSA) is 30.3 Å². The van der Waals surface area contributed by atoms with E-state index in [2.05, 4.69) is 34.4 Å². The predicted molar refractivity (Wildman–Crippen MR) is 88.2 cm³/mol. The van der Waals surface area contributed by atoms with Gasteiger partial charge in [-0.1, -0.05) is 19.9 Å². The molecule has 0 radical (unpaired) electrons. The Morgan fingerprint density at radius 1 is 1.24 bits per heavy atom. The van der Waals surface area contributed by atoms with Crippen LogP contribution in [0.25, 0.3) is 11.0 Å². The molecular weight excluding hydrogens is 286 g/mol. The molecule has 1 aromatic carbocycles. The summed E-state index contributed by atoms with van der Waals surface area (Å²) < 4.78 is 7.88. The van der Waals surface area contributed by atoms with Gasteiger partial charge in [-0.3, -0.25) is 0 Å². The number of ether oxygens (including phenoxy) is 1. The van der Waals surface area contributed by atoms with Crippen molar-refractivity contribution >= 4 is 22.6 Å². The summed E-state index contributed by atoms with van der Waals surface area (Å²) in [5.41, 5.74) is 2.01. The zero-order valence-electron chi connectivity index (χ0n) is 13.1. The fourth-order valence-corrected chi connectivity index (χ4v) is 2.78. The highest BCUT2D eigenvalue weighted by Gasteiger charge is 2.14. The average molecular weight is 310 g/mol. The minimum atomic E-state index is 0.415.